The van der Waals surface area contributed by atoms with Crippen molar-refractivity contribution < 1.29 is 21.8 Å². The van der Waals surface area contributed by atoms with E-state index in [0.717, 1.165) is 34.1 Å². The van der Waals surface area contributed by atoms with Crippen molar-refractivity contribution in [1.82, 2.24) is 15.4 Å². The number of aromatic nitrogens is 1. The molecule has 0 atom stereocenters. The van der Waals surface area contributed by atoms with Crippen LogP contribution in [-0.2, 0) is 36.7 Å². The van der Waals surface area contributed by atoms with Crippen molar-refractivity contribution in [2.24, 2.45) is 27.2 Å². The van der Waals surface area contributed by atoms with Crippen LogP contribution in [0.5, 0.6) is 5.75 Å². The van der Waals surface area contributed by atoms with Crippen LogP contribution in [0.1, 0.15) is 59.2 Å². The molecule has 0 saturated carbocycles. The van der Waals surface area contributed by atoms with E-state index >= 15 is 0 Å². The molecule has 2 rings (SSSR count). The van der Waals surface area contributed by atoms with E-state index in [-0.39, 0.29) is 24.5 Å². The summed E-state index contributed by atoms with van der Waals surface area (Å²) in [5.41, 5.74) is 11.4. The molecule has 1 aromatic heterocycles. The Labute approximate surface area is 240 Å². The van der Waals surface area contributed by atoms with Gasteiger partial charge < -0.3 is 29.4 Å². The Morgan fingerprint density at radius 2 is 1.54 bits per heavy atom. The van der Waals surface area contributed by atoms with Gasteiger partial charge in [0, 0.05) is 37.1 Å². The van der Waals surface area contributed by atoms with Gasteiger partial charge in [0.1, 0.15) is 17.3 Å². The molecular weight excluding hydrogens is 534 g/mol. The average Bonchev–Trinajstić information content (AvgIpc) is 3.13. The van der Waals surface area contributed by atoms with Gasteiger partial charge in [-0.05, 0) is 75.7 Å². The predicted molar refractivity (Wildman–Crippen MR) is 159 cm³/mol. The molecule has 0 aliphatic rings. The van der Waals surface area contributed by atoms with E-state index in [1.165, 1.54) is 6.42 Å². The van der Waals surface area contributed by atoms with Gasteiger partial charge in [0.2, 0.25) is 0 Å². The average molecular weight is 577 g/mol. The summed E-state index contributed by atoms with van der Waals surface area (Å²) in [5.74, 6) is 1.55. The molecule has 0 saturated heterocycles. The van der Waals surface area contributed by atoms with Crippen molar-refractivity contribution in [3.8, 4) is 17.0 Å². The zero-order valence-electron chi connectivity index (χ0n) is 23.9. The van der Waals surface area contributed by atoms with Crippen LogP contribution in [0.3, 0.4) is 0 Å². The van der Waals surface area contributed by atoms with Crippen molar-refractivity contribution in [2.45, 2.75) is 54.9 Å². The Morgan fingerprint density at radius 1 is 0.973 bits per heavy atom. The molecule has 209 valence electrons. The van der Waals surface area contributed by atoms with Crippen LogP contribution in [0, 0.1) is 14.4 Å². The molecule has 0 spiro atoms. The molecule has 1 heterocycles. The van der Waals surface area contributed by atoms with Gasteiger partial charge in [0.25, 0.3) is 0 Å². The van der Waals surface area contributed by atoms with Crippen LogP contribution in [0.25, 0.3) is 11.3 Å². The van der Waals surface area contributed by atoms with Gasteiger partial charge in [0.15, 0.2) is 0 Å². The van der Waals surface area contributed by atoms with Crippen LogP contribution >= 0.6 is 0 Å². The summed E-state index contributed by atoms with van der Waals surface area (Å²) >= 11 is 5.18. The maximum atomic E-state index is 5.29. The first kappa shape index (κ1) is 36.5. The third-order valence-corrected chi connectivity index (χ3v) is 5.09. The van der Waals surface area contributed by atoms with Crippen molar-refractivity contribution in [2.75, 3.05) is 20.2 Å². The molecule has 0 aliphatic heterocycles. The number of hydrogen-bond donors (Lipinski definition) is 2. The number of nitrogens with zero attached hydrogens (tertiary/aromatic N) is 5. The van der Waals surface area contributed by atoms with Gasteiger partial charge in [-0.2, -0.15) is 10.2 Å². The van der Waals surface area contributed by atoms with Crippen LogP contribution in [0.15, 0.2) is 50.5 Å². The van der Waals surface area contributed by atoms with Gasteiger partial charge >= 0.3 is 17.1 Å². The predicted octanol–water partition coefficient (Wildman–Crippen LogP) is 5.49. The quantitative estimate of drug-likeness (QED) is 0.109. The van der Waals surface area contributed by atoms with Crippen molar-refractivity contribution in [3.63, 3.8) is 0 Å². The monoisotopic (exact) mass is 576 g/mol. The molecule has 37 heavy (non-hydrogen) atoms. The van der Waals surface area contributed by atoms with Crippen molar-refractivity contribution in [1.29, 1.82) is 0 Å². The summed E-state index contributed by atoms with van der Waals surface area (Å²) in [7, 11) is 3.70. The Hall–Kier alpha value is -2.68. The number of rotatable bonds is 8. The Kier molecular flexibility index (Phi) is 19.2. The number of amidine groups is 2. The van der Waals surface area contributed by atoms with E-state index in [0.29, 0.717) is 29.7 Å². The molecule has 0 unspecified atom stereocenters. The number of benzene rings is 1. The van der Waals surface area contributed by atoms with Gasteiger partial charge in [-0.15, -0.1) is 0 Å². The standard InChI is InChI=1S/C23H33N7OS.C3H8.CH3.Cu/c1-8-24-17(5)27-28-22(15(3)26-29-23(32)25-9-2)20-14-21(30(6)16(20)4)18-10-12-19(31-7)13-11-18;1-3-2;;/h10-14H,8-9H2,1-7H3,(H,24,27)(H2,25,29,32);3H2,1-2H3;1H3;/q;;-1;+2/p-1/b26-15+,28-22-;;;. The molecule has 2 N–H and O–H groups in total. The van der Waals surface area contributed by atoms with Crippen molar-refractivity contribution >= 4 is 35.1 Å². The van der Waals surface area contributed by atoms with Gasteiger partial charge in [-0.25, -0.2) is 0 Å². The first-order valence-electron chi connectivity index (χ1n) is 11.9. The van der Waals surface area contributed by atoms with Gasteiger partial charge in [-0.1, -0.05) is 20.3 Å². The number of nitrogens with one attached hydrogen (secondary N) is 2. The first-order chi connectivity index (χ1) is 16.7. The summed E-state index contributed by atoms with van der Waals surface area (Å²) in [4.78, 5) is 8.49. The minimum absolute atomic E-state index is 0. The first-order valence-corrected chi connectivity index (χ1v) is 12.3. The Bertz CT molecular complexity index is 1060. The number of hydrogen-bond acceptors (Lipinski definition) is 6. The SMILES string of the molecule is CCC.CCN=C(C)N/N=C(/C(C)=N/NC([S-])=NCC)c1cc(-c2ccc(OC)cc2)n(C)c1C.[CH3-].[Cu+2]. The Morgan fingerprint density at radius 3 is 2.05 bits per heavy atom. The molecule has 2 aromatic rings. The molecule has 0 fully saturated rings. The van der Waals surface area contributed by atoms with Gasteiger partial charge in [0.05, 0.1) is 12.8 Å². The molecular formula is C27H43CuN7OS. The summed E-state index contributed by atoms with van der Waals surface area (Å²) in [6, 6.07) is 10.1. The van der Waals surface area contributed by atoms with Crippen LogP contribution in [-0.4, -0.2) is 47.2 Å². The Balaban J connectivity index is 0. The number of aliphatic imine (C=N–C) groups is 2. The zero-order valence-corrected chi connectivity index (χ0v) is 25.6. The molecule has 8 nitrogen and oxygen atoms in total. The molecule has 0 aliphatic carbocycles. The zero-order chi connectivity index (χ0) is 26.4. The van der Waals surface area contributed by atoms with E-state index < -0.39 is 0 Å². The third-order valence-electron chi connectivity index (χ3n) is 4.86. The summed E-state index contributed by atoms with van der Waals surface area (Å²) in [6.45, 7) is 15.2. The van der Waals surface area contributed by atoms with E-state index in [4.69, 9.17) is 17.4 Å². The largest absolute Gasteiger partial charge is 2.00 e. The number of methoxy groups -OCH3 is 1. The smallest absolute Gasteiger partial charge is 0.741 e. The summed E-state index contributed by atoms with van der Waals surface area (Å²) in [5, 5.41) is 9.38. The topological polar surface area (TPSA) is 87.7 Å². The van der Waals surface area contributed by atoms with E-state index in [1.54, 1.807) is 7.11 Å². The van der Waals surface area contributed by atoms with E-state index in [1.807, 2.05) is 59.0 Å². The normalized spacial score (nSPS) is 12.0. The second kappa shape index (κ2) is 19.4. The second-order valence-electron chi connectivity index (χ2n) is 7.74. The van der Waals surface area contributed by atoms with Crippen LogP contribution < -0.4 is 15.6 Å². The molecule has 0 bridgehead atoms. The van der Waals surface area contributed by atoms with Crippen molar-refractivity contribution in [3.05, 3.63) is 49.0 Å². The molecule has 10 heteroatoms. The summed E-state index contributed by atoms with van der Waals surface area (Å²) in [6.07, 6.45) is 1.25. The van der Waals surface area contributed by atoms with E-state index in [2.05, 4.69) is 62.4 Å². The molecule has 1 radical (unpaired) electrons. The number of ether oxygens (including phenoxy) is 1. The maximum Gasteiger partial charge on any atom is 2.00 e. The fourth-order valence-corrected chi connectivity index (χ4v) is 3.26. The van der Waals surface area contributed by atoms with Gasteiger partial charge in [-0.3, -0.25) is 20.8 Å². The van der Waals surface area contributed by atoms with Crippen LogP contribution in [0.2, 0.25) is 0 Å². The fraction of sp³-hybridized carbons (Fsp3) is 0.444. The van der Waals surface area contributed by atoms with Crippen LogP contribution in [0.4, 0.5) is 0 Å². The fourth-order valence-electron chi connectivity index (χ4n) is 3.09. The number of hydrazone groups is 2. The minimum Gasteiger partial charge on any atom is -0.741 e. The summed E-state index contributed by atoms with van der Waals surface area (Å²) < 4.78 is 7.42. The minimum atomic E-state index is 0. The maximum absolute atomic E-state index is 5.29. The molecule has 0 amide bonds. The second-order valence-corrected chi connectivity index (χ2v) is 8.13. The third kappa shape index (κ3) is 11.5. The molecule has 1 aromatic carbocycles. The van der Waals surface area contributed by atoms with E-state index in [9.17, 15) is 0 Å².